The molecule has 0 unspecified atom stereocenters. The van der Waals surface area contributed by atoms with E-state index in [2.05, 4.69) is 12.2 Å². The molecule has 0 spiro atoms. The van der Waals surface area contributed by atoms with Crippen LogP contribution in [0.5, 0.6) is 0 Å². The predicted molar refractivity (Wildman–Crippen MR) is 69.5 cm³/mol. The minimum atomic E-state index is -0.521. The number of hydrogen-bond acceptors (Lipinski definition) is 2. The second-order valence-corrected chi connectivity index (χ2v) is 6.06. The number of nitrogens with one attached hydrogen (secondary N) is 1. The van der Waals surface area contributed by atoms with Crippen molar-refractivity contribution in [3.05, 3.63) is 0 Å². The van der Waals surface area contributed by atoms with Crippen LogP contribution in [0.3, 0.4) is 0 Å². The Bertz CT molecular complexity index is 178. The summed E-state index contributed by atoms with van der Waals surface area (Å²) in [6.45, 7) is 8.15. The molecule has 0 aromatic carbocycles. The zero-order valence-corrected chi connectivity index (χ0v) is 11.3. The Balaban J connectivity index is 2.02. The molecule has 1 fully saturated rings. The van der Waals surface area contributed by atoms with Crippen molar-refractivity contribution in [1.29, 1.82) is 0 Å². The standard InChI is InChI=1S/C14H29NO/c1-4-12-5-7-13(8-6-12)11-15-10-9-14(2,3)16/h12-13,15-16H,4-11H2,1-3H3. The second-order valence-electron chi connectivity index (χ2n) is 6.06. The maximum atomic E-state index is 9.58. The van der Waals surface area contributed by atoms with E-state index in [-0.39, 0.29) is 0 Å². The van der Waals surface area contributed by atoms with Gasteiger partial charge in [0.1, 0.15) is 0 Å². The summed E-state index contributed by atoms with van der Waals surface area (Å²) in [4.78, 5) is 0. The first kappa shape index (κ1) is 14.0. The van der Waals surface area contributed by atoms with Gasteiger partial charge in [-0.3, -0.25) is 0 Å². The normalized spacial score (nSPS) is 27.0. The van der Waals surface area contributed by atoms with Crippen LogP contribution in [0, 0.1) is 11.8 Å². The number of aliphatic hydroxyl groups is 1. The van der Waals surface area contributed by atoms with E-state index in [0.717, 1.165) is 31.3 Å². The third-order valence-corrected chi connectivity index (χ3v) is 3.89. The van der Waals surface area contributed by atoms with Crippen molar-refractivity contribution < 1.29 is 5.11 Å². The molecule has 0 aliphatic heterocycles. The fourth-order valence-corrected chi connectivity index (χ4v) is 2.54. The highest BCUT2D eigenvalue weighted by Gasteiger charge is 2.19. The van der Waals surface area contributed by atoms with E-state index in [9.17, 15) is 5.11 Å². The minimum absolute atomic E-state index is 0.521. The Labute approximate surface area is 101 Å². The molecule has 0 bridgehead atoms. The highest BCUT2D eigenvalue weighted by Crippen LogP contribution is 2.30. The SMILES string of the molecule is CCC1CCC(CNCCC(C)(C)O)CC1. The lowest BCUT2D eigenvalue weighted by Gasteiger charge is -2.28. The van der Waals surface area contributed by atoms with Gasteiger partial charge in [0, 0.05) is 0 Å². The van der Waals surface area contributed by atoms with Crippen molar-refractivity contribution >= 4 is 0 Å². The molecule has 0 saturated heterocycles. The lowest BCUT2D eigenvalue weighted by Crippen LogP contribution is -2.31. The molecular formula is C14H29NO. The van der Waals surface area contributed by atoms with Gasteiger partial charge in [0.2, 0.25) is 0 Å². The predicted octanol–water partition coefficient (Wildman–Crippen LogP) is 2.95. The van der Waals surface area contributed by atoms with Gasteiger partial charge in [-0.25, -0.2) is 0 Å². The van der Waals surface area contributed by atoms with Gasteiger partial charge in [-0.2, -0.15) is 0 Å². The summed E-state index contributed by atoms with van der Waals surface area (Å²) < 4.78 is 0. The van der Waals surface area contributed by atoms with Crippen molar-refractivity contribution in [2.75, 3.05) is 13.1 Å². The third kappa shape index (κ3) is 5.86. The molecule has 2 heteroatoms. The molecule has 0 aromatic heterocycles. The fraction of sp³-hybridized carbons (Fsp3) is 1.00. The van der Waals surface area contributed by atoms with Crippen molar-refractivity contribution in [1.82, 2.24) is 5.32 Å². The van der Waals surface area contributed by atoms with Gasteiger partial charge in [-0.05, 0) is 58.0 Å². The highest BCUT2D eigenvalue weighted by molar-refractivity contribution is 4.74. The second kappa shape index (κ2) is 6.61. The largest absolute Gasteiger partial charge is 0.390 e. The Morgan fingerprint density at radius 2 is 1.69 bits per heavy atom. The van der Waals surface area contributed by atoms with Crippen LogP contribution in [0.15, 0.2) is 0 Å². The average molecular weight is 227 g/mol. The lowest BCUT2D eigenvalue weighted by atomic mass is 9.81. The van der Waals surface area contributed by atoms with E-state index in [1.54, 1.807) is 0 Å². The lowest BCUT2D eigenvalue weighted by molar-refractivity contribution is 0.0707. The van der Waals surface area contributed by atoms with Gasteiger partial charge in [0.15, 0.2) is 0 Å². The van der Waals surface area contributed by atoms with Crippen LogP contribution < -0.4 is 5.32 Å². The molecule has 2 nitrogen and oxygen atoms in total. The summed E-state index contributed by atoms with van der Waals surface area (Å²) in [5.41, 5.74) is -0.521. The summed E-state index contributed by atoms with van der Waals surface area (Å²) in [6.07, 6.45) is 7.85. The van der Waals surface area contributed by atoms with Gasteiger partial charge in [0.05, 0.1) is 5.60 Å². The zero-order chi connectivity index (χ0) is 12.0. The van der Waals surface area contributed by atoms with Crippen LogP contribution in [0.1, 0.15) is 59.3 Å². The number of hydrogen-bond donors (Lipinski definition) is 2. The first-order chi connectivity index (χ1) is 7.51. The summed E-state index contributed by atoms with van der Waals surface area (Å²) in [5, 5.41) is 13.1. The Kier molecular flexibility index (Phi) is 5.77. The number of rotatable bonds is 6. The van der Waals surface area contributed by atoms with E-state index in [0.29, 0.717) is 0 Å². The Hall–Kier alpha value is -0.0800. The van der Waals surface area contributed by atoms with E-state index in [1.807, 2.05) is 13.8 Å². The van der Waals surface area contributed by atoms with E-state index < -0.39 is 5.60 Å². The van der Waals surface area contributed by atoms with Crippen LogP contribution in [0.4, 0.5) is 0 Å². The van der Waals surface area contributed by atoms with Crippen molar-refractivity contribution in [3.63, 3.8) is 0 Å². The molecule has 0 aromatic rings. The monoisotopic (exact) mass is 227 g/mol. The summed E-state index contributed by atoms with van der Waals surface area (Å²) in [5.74, 6) is 1.87. The average Bonchev–Trinajstić information content (AvgIpc) is 2.24. The maximum absolute atomic E-state index is 9.58. The molecule has 1 rings (SSSR count). The van der Waals surface area contributed by atoms with E-state index >= 15 is 0 Å². The van der Waals surface area contributed by atoms with Crippen LogP contribution in [-0.2, 0) is 0 Å². The summed E-state index contributed by atoms with van der Waals surface area (Å²) >= 11 is 0. The molecule has 1 aliphatic rings. The van der Waals surface area contributed by atoms with Crippen LogP contribution in [0.2, 0.25) is 0 Å². The maximum Gasteiger partial charge on any atom is 0.0603 e. The van der Waals surface area contributed by atoms with Crippen molar-refractivity contribution in [2.24, 2.45) is 11.8 Å². The fourth-order valence-electron chi connectivity index (χ4n) is 2.54. The molecule has 0 atom stereocenters. The highest BCUT2D eigenvalue weighted by atomic mass is 16.3. The van der Waals surface area contributed by atoms with Crippen LogP contribution >= 0.6 is 0 Å². The van der Waals surface area contributed by atoms with Gasteiger partial charge in [0.25, 0.3) is 0 Å². The smallest absolute Gasteiger partial charge is 0.0603 e. The first-order valence-electron chi connectivity index (χ1n) is 6.94. The van der Waals surface area contributed by atoms with Crippen LogP contribution in [-0.4, -0.2) is 23.8 Å². The molecule has 2 N–H and O–H groups in total. The molecule has 96 valence electrons. The van der Waals surface area contributed by atoms with E-state index in [1.165, 1.54) is 32.1 Å². The van der Waals surface area contributed by atoms with Gasteiger partial charge >= 0.3 is 0 Å². The van der Waals surface area contributed by atoms with E-state index in [4.69, 9.17) is 0 Å². The molecule has 16 heavy (non-hydrogen) atoms. The Morgan fingerprint density at radius 3 is 2.19 bits per heavy atom. The first-order valence-corrected chi connectivity index (χ1v) is 6.94. The topological polar surface area (TPSA) is 32.3 Å². The Morgan fingerprint density at radius 1 is 1.12 bits per heavy atom. The molecule has 0 radical (unpaired) electrons. The van der Waals surface area contributed by atoms with Gasteiger partial charge < -0.3 is 10.4 Å². The molecule has 1 saturated carbocycles. The van der Waals surface area contributed by atoms with Crippen LogP contribution in [0.25, 0.3) is 0 Å². The summed E-state index contributed by atoms with van der Waals surface area (Å²) in [6, 6.07) is 0. The quantitative estimate of drug-likeness (QED) is 0.684. The third-order valence-electron chi connectivity index (χ3n) is 3.89. The molecule has 0 heterocycles. The zero-order valence-electron chi connectivity index (χ0n) is 11.3. The summed E-state index contributed by atoms with van der Waals surface area (Å²) in [7, 11) is 0. The molecule has 0 amide bonds. The minimum Gasteiger partial charge on any atom is -0.390 e. The van der Waals surface area contributed by atoms with Crippen molar-refractivity contribution in [2.45, 2.75) is 64.9 Å². The van der Waals surface area contributed by atoms with Gasteiger partial charge in [-0.1, -0.05) is 26.2 Å². The molecule has 1 aliphatic carbocycles. The van der Waals surface area contributed by atoms with Crippen molar-refractivity contribution in [3.8, 4) is 0 Å². The molecular weight excluding hydrogens is 198 g/mol. The van der Waals surface area contributed by atoms with Gasteiger partial charge in [-0.15, -0.1) is 0 Å².